The summed E-state index contributed by atoms with van der Waals surface area (Å²) in [6.07, 6.45) is 9.54. The van der Waals surface area contributed by atoms with Crippen molar-refractivity contribution < 1.29 is 48.5 Å². The molecule has 10 nitrogen and oxygen atoms in total. The van der Waals surface area contributed by atoms with Crippen molar-refractivity contribution in [2.75, 3.05) is 79.3 Å². The predicted molar refractivity (Wildman–Crippen MR) is 149 cm³/mol. The fraction of sp³-hybridized carbons (Fsp3) is 0.759. The number of ether oxygens (including phenoxy) is 6. The van der Waals surface area contributed by atoms with Gasteiger partial charge in [0, 0.05) is 6.92 Å². The topological polar surface area (TPSA) is 133 Å². The van der Waals surface area contributed by atoms with E-state index in [-0.39, 0.29) is 24.9 Å². The van der Waals surface area contributed by atoms with Crippen molar-refractivity contribution in [1.29, 1.82) is 0 Å². The van der Waals surface area contributed by atoms with Crippen LogP contribution in [0, 0.1) is 0 Å². The molecule has 1 aromatic rings. The van der Waals surface area contributed by atoms with Crippen molar-refractivity contribution in [3.05, 3.63) is 23.8 Å². The van der Waals surface area contributed by atoms with Crippen LogP contribution in [0.25, 0.3) is 0 Å². The van der Waals surface area contributed by atoms with Crippen LogP contribution in [0.4, 0.5) is 0 Å². The smallest absolute Gasteiger partial charge is 0.308 e. The molecule has 0 saturated heterocycles. The monoisotopic (exact) mass is 560 g/mol. The summed E-state index contributed by atoms with van der Waals surface area (Å²) in [5, 5.41) is 26.7. The summed E-state index contributed by atoms with van der Waals surface area (Å²) in [6.45, 7) is 8.40. The van der Waals surface area contributed by atoms with Gasteiger partial charge >= 0.3 is 5.97 Å². The van der Waals surface area contributed by atoms with Gasteiger partial charge in [0.15, 0.2) is 0 Å². The summed E-state index contributed by atoms with van der Waals surface area (Å²) in [4.78, 5) is 10.9. The lowest BCUT2D eigenvalue weighted by atomic mass is 10.0. The molecule has 0 spiro atoms. The van der Waals surface area contributed by atoms with Gasteiger partial charge in [0.05, 0.1) is 79.3 Å². The Balaban J connectivity index is 0.000000742. The van der Waals surface area contributed by atoms with Gasteiger partial charge in [0.2, 0.25) is 0 Å². The van der Waals surface area contributed by atoms with Gasteiger partial charge in [0.1, 0.15) is 11.5 Å². The zero-order valence-corrected chi connectivity index (χ0v) is 24.1. The number of phenols is 1. The average molecular weight is 561 g/mol. The van der Waals surface area contributed by atoms with Crippen molar-refractivity contribution in [3.63, 3.8) is 0 Å². The van der Waals surface area contributed by atoms with Gasteiger partial charge in [-0.2, -0.15) is 0 Å². The number of phenolic OH excluding ortho intramolecular Hbond substituents is 1. The number of hydrogen-bond donors (Lipinski definition) is 3. The van der Waals surface area contributed by atoms with Crippen LogP contribution in [0.2, 0.25) is 0 Å². The Bertz CT molecular complexity index is 655. The third-order valence-electron chi connectivity index (χ3n) is 5.32. The Morgan fingerprint density at radius 2 is 1.10 bits per heavy atom. The quantitative estimate of drug-likeness (QED) is 0.0924. The van der Waals surface area contributed by atoms with Gasteiger partial charge in [0.25, 0.3) is 0 Å². The number of unbranched alkanes of at least 4 members (excludes halogenated alkanes) is 6. The number of aromatic hydroxyl groups is 1. The minimum Gasteiger partial charge on any atom is -0.508 e. The molecule has 0 aromatic heterocycles. The molecule has 3 N–H and O–H groups in total. The lowest BCUT2D eigenvalue weighted by Crippen LogP contribution is -2.14. The van der Waals surface area contributed by atoms with Gasteiger partial charge in [-0.1, -0.05) is 45.4 Å². The highest BCUT2D eigenvalue weighted by atomic mass is 16.6. The average Bonchev–Trinajstić information content (AvgIpc) is 2.92. The SMILES string of the molecule is CCCCCCCCCc1cc(OC(C)=O)ccc1O.OCCOCCOCCOCCOCCOCCO. The standard InChI is InChI=1S/C17H26O3.C12H26O7/c1-3-4-5-6-7-8-9-10-15-13-16(20-14(2)18)11-12-17(15)19;13-1-3-15-5-7-17-9-11-19-12-10-18-8-6-16-4-2-14/h11-13,19H,3-10H2,1-2H3;13-14H,1-12H2. The predicted octanol–water partition coefficient (Wildman–Crippen LogP) is 3.66. The molecule has 0 aliphatic carbocycles. The summed E-state index contributed by atoms with van der Waals surface area (Å²) in [6, 6.07) is 4.97. The number of aliphatic hydroxyl groups is 2. The van der Waals surface area contributed by atoms with E-state index >= 15 is 0 Å². The van der Waals surface area contributed by atoms with E-state index < -0.39 is 0 Å². The Morgan fingerprint density at radius 3 is 1.54 bits per heavy atom. The molecule has 0 atom stereocenters. The third-order valence-corrected chi connectivity index (χ3v) is 5.32. The molecule has 0 amide bonds. The van der Waals surface area contributed by atoms with Crippen LogP contribution < -0.4 is 4.74 Å². The van der Waals surface area contributed by atoms with Gasteiger partial charge in [-0.3, -0.25) is 4.79 Å². The molecule has 0 radical (unpaired) electrons. The van der Waals surface area contributed by atoms with Crippen LogP contribution >= 0.6 is 0 Å². The minimum atomic E-state index is -0.336. The zero-order valence-electron chi connectivity index (χ0n) is 24.1. The Hall–Kier alpha value is -1.79. The molecule has 0 bridgehead atoms. The molecular weight excluding hydrogens is 508 g/mol. The van der Waals surface area contributed by atoms with E-state index in [9.17, 15) is 9.90 Å². The van der Waals surface area contributed by atoms with E-state index in [4.69, 9.17) is 38.6 Å². The van der Waals surface area contributed by atoms with Crippen molar-refractivity contribution >= 4 is 5.97 Å². The number of carbonyl (C=O) groups is 1. The maximum Gasteiger partial charge on any atom is 0.308 e. The van der Waals surface area contributed by atoms with Crippen LogP contribution in [-0.2, 0) is 34.9 Å². The Morgan fingerprint density at radius 1 is 0.667 bits per heavy atom. The molecular formula is C29H52O10. The normalized spacial score (nSPS) is 10.8. The van der Waals surface area contributed by atoms with Gasteiger partial charge in [-0.05, 0) is 36.6 Å². The van der Waals surface area contributed by atoms with Crippen molar-refractivity contribution in [3.8, 4) is 11.5 Å². The molecule has 39 heavy (non-hydrogen) atoms. The number of hydrogen-bond acceptors (Lipinski definition) is 10. The van der Waals surface area contributed by atoms with Crippen LogP contribution in [0.3, 0.4) is 0 Å². The highest BCUT2D eigenvalue weighted by molar-refractivity contribution is 5.69. The van der Waals surface area contributed by atoms with Crippen molar-refractivity contribution in [2.24, 2.45) is 0 Å². The molecule has 0 aliphatic rings. The van der Waals surface area contributed by atoms with Crippen LogP contribution in [-0.4, -0.2) is 101 Å². The first kappa shape index (κ1) is 37.2. The van der Waals surface area contributed by atoms with Crippen LogP contribution in [0.1, 0.15) is 64.4 Å². The largest absolute Gasteiger partial charge is 0.508 e. The molecule has 1 rings (SSSR count). The van der Waals surface area contributed by atoms with E-state index in [1.54, 1.807) is 18.2 Å². The summed E-state index contributed by atoms with van der Waals surface area (Å²) in [5.74, 6) is 0.456. The molecule has 10 heteroatoms. The fourth-order valence-corrected chi connectivity index (χ4v) is 3.37. The van der Waals surface area contributed by atoms with Crippen molar-refractivity contribution in [1.82, 2.24) is 0 Å². The summed E-state index contributed by atoms with van der Waals surface area (Å²) >= 11 is 0. The van der Waals surface area contributed by atoms with Crippen LogP contribution in [0.15, 0.2) is 18.2 Å². The van der Waals surface area contributed by atoms with E-state index in [1.807, 2.05) is 0 Å². The molecule has 1 aromatic carbocycles. The first-order valence-electron chi connectivity index (χ1n) is 14.2. The van der Waals surface area contributed by atoms with Crippen molar-refractivity contribution in [2.45, 2.75) is 65.2 Å². The molecule has 0 fully saturated rings. The molecule has 0 saturated carbocycles. The number of carbonyl (C=O) groups excluding carboxylic acids is 1. The van der Waals surface area contributed by atoms with Gasteiger partial charge in [-0.25, -0.2) is 0 Å². The lowest BCUT2D eigenvalue weighted by Gasteiger charge is -2.07. The summed E-state index contributed by atoms with van der Waals surface area (Å²) < 4.78 is 30.8. The molecule has 0 heterocycles. The number of benzene rings is 1. The summed E-state index contributed by atoms with van der Waals surface area (Å²) in [5.41, 5.74) is 0.859. The van der Waals surface area contributed by atoms with Gasteiger partial charge in [-0.15, -0.1) is 0 Å². The maximum atomic E-state index is 10.9. The first-order valence-corrected chi connectivity index (χ1v) is 14.2. The highest BCUT2D eigenvalue weighted by Gasteiger charge is 2.05. The molecule has 228 valence electrons. The first-order chi connectivity index (χ1) is 19.0. The number of aryl methyl sites for hydroxylation is 1. The number of esters is 1. The molecule has 0 unspecified atom stereocenters. The van der Waals surface area contributed by atoms with E-state index in [0.29, 0.717) is 71.8 Å². The van der Waals surface area contributed by atoms with E-state index in [2.05, 4.69) is 6.92 Å². The lowest BCUT2D eigenvalue weighted by molar-refractivity contribution is -0.131. The minimum absolute atomic E-state index is 0.0359. The highest BCUT2D eigenvalue weighted by Crippen LogP contribution is 2.25. The second-order valence-corrected chi connectivity index (χ2v) is 8.76. The van der Waals surface area contributed by atoms with E-state index in [1.165, 1.54) is 45.4 Å². The van der Waals surface area contributed by atoms with Crippen LogP contribution in [0.5, 0.6) is 11.5 Å². The second-order valence-electron chi connectivity index (χ2n) is 8.76. The number of aliphatic hydroxyl groups excluding tert-OH is 2. The van der Waals surface area contributed by atoms with E-state index in [0.717, 1.165) is 18.4 Å². The second kappa shape index (κ2) is 29.2. The maximum absolute atomic E-state index is 10.9. The number of rotatable bonds is 25. The molecule has 0 aliphatic heterocycles. The zero-order chi connectivity index (χ0) is 28.8. The third kappa shape index (κ3) is 26.2. The Labute approximate surface area is 234 Å². The summed E-state index contributed by atoms with van der Waals surface area (Å²) in [7, 11) is 0. The Kier molecular flexibility index (Phi) is 27.9. The van der Waals surface area contributed by atoms with Gasteiger partial charge < -0.3 is 43.7 Å². The fourth-order valence-electron chi connectivity index (χ4n) is 3.37.